The average Bonchev–Trinajstić information content (AvgIpc) is 2.56. The first-order valence-electron chi connectivity index (χ1n) is 8.47. The Balaban J connectivity index is 4.79. The van der Waals surface area contributed by atoms with Gasteiger partial charge in [0.05, 0.1) is 26.4 Å². The van der Waals surface area contributed by atoms with Gasteiger partial charge < -0.3 is 30.3 Å². The minimum Gasteiger partial charge on any atom is -0.394 e. The van der Waals surface area contributed by atoms with Gasteiger partial charge in [0.2, 0.25) is 0 Å². The van der Waals surface area contributed by atoms with E-state index in [1.807, 2.05) is 0 Å². The maximum Gasteiger partial charge on any atom is 0.251 e. The number of azo groups is 1. The highest BCUT2D eigenvalue weighted by molar-refractivity contribution is 5.86. The van der Waals surface area contributed by atoms with Crippen LogP contribution in [0.25, 0.3) is 0 Å². The number of amides is 2. The number of nitrogens with one attached hydrogen (secondary N) is 2. The fraction of sp³-hybridized carbons (Fsp3) is 0.875. The Morgan fingerprint density at radius 1 is 0.846 bits per heavy atom. The van der Waals surface area contributed by atoms with Crippen molar-refractivity contribution in [2.75, 3.05) is 26.4 Å². The van der Waals surface area contributed by atoms with E-state index in [4.69, 9.17) is 19.7 Å². The predicted octanol–water partition coefficient (Wildman–Crippen LogP) is -0.0620. The Labute approximate surface area is 154 Å². The van der Waals surface area contributed by atoms with Crippen molar-refractivity contribution >= 4 is 11.8 Å². The first-order chi connectivity index (χ1) is 12.0. The largest absolute Gasteiger partial charge is 0.394 e. The van der Waals surface area contributed by atoms with E-state index in [2.05, 4.69) is 20.9 Å². The molecule has 2 amide bonds. The second kappa shape index (κ2) is 11.2. The van der Waals surface area contributed by atoms with Crippen LogP contribution in [0.4, 0.5) is 0 Å². The molecule has 0 bridgehead atoms. The number of hydrogen-bond acceptors (Lipinski definition) is 8. The van der Waals surface area contributed by atoms with Crippen LogP contribution in [-0.2, 0) is 19.1 Å². The number of carbonyl (C=O) groups is 2. The lowest BCUT2D eigenvalue weighted by Gasteiger charge is -2.25. The summed E-state index contributed by atoms with van der Waals surface area (Å²) < 4.78 is 10.3. The van der Waals surface area contributed by atoms with E-state index < -0.39 is 35.3 Å². The molecule has 0 fully saturated rings. The van der Waals surface area contributed by atoms with Gasteiger partial charge in [-0.05, 0) is 41.5 Å². The molecule has 4 N–H and O–H groups in total. The van der Waals surface area contributed by atoms with E-state index in [9.17, 15) is 9.59 Å². The first-order valence-corrected chi connectivity index (χ1v) is 8.47. The first kappa shape index (κ1) is 24.4. The van der Waals surface area contributed by atoms with Crippen molar-refractivity contribution in [3.05, 3.63) is 0 Å². The van der Waals surface area contributed by atoms with Crippen molar-refractivity contribution in [1.82, 2.24) is 10.6 Å². The summed E-state index contributed by atoms with van der Waals surface area (Å²) in [5, 5.41) is 30.7. The molecule has 0 aliphatic carbocycles. The Morgan fingerprint density at radius 2 is 1.15 bits per heavy atom. The Bertz CT molecular complexity index is 439. The van der Waals surface area contributed by atoms with Crippen LogP contribution >= 0.6 is 0 Å². The summed E-state index contributed by atoms with van der Waals surface area (Å²) >= 11 is 0. The van der Waals surface area contributed by atoms with E-state index in [1.165, 1.54) is 0 Å². The number of hydrogen-bond donors (Lipinski definition) is 4. The van der Waals surface area contributed by atoms with Crippen molar-refractivity contribution < 1.29 is 29.3 Å². The second-order valence-electron chi connectivity index (χ2n) is 6.74. The molecule has 10 nitrogen and oxygen atoms in total. The van der Waals surface area contributed by atoms with E-state index in [0.717, 1.165) is 0 Å². The molecule has 0 aromatic heterocycles. The zero-order valence-electron chi connectivity index (χ0n) is 16.4. The van der Waals surface area contributed by atoms with Gasteiger partial charge in [0.25, 0.3) is 11.8 Å². The van der Waals surface area contributed by atoms with E-state index in [-0.39, 0.29) is 26.4 Å². The number of rotatable bonds is 12. The summed E-state index contributed by atoms with van der Waals surface area (Å²) in [4.78, 5) is 24.5. The van der Waals surface area contributed by atoms with E-state index in [0.29, 0.717) is 0 Å². The molecule has 2 atom stereocenters. The molecule has 0 heterocycles. The summed E-state index contributed by atoms with van der Waals surface area (Å²) in [5.41, 5.74) is -2.43. The van der Waals surface area contributed by atoms with E-state index >= 15 is 0 Å². The summed E-state index contributed by atoms with van der Waals surface area (Å²) in [6.07, 6.45) is -1.19. The minimum absolute atomic E-state index is 0.104. The maximum atomic E-state index is 12.3. The zero-order valence-corrected chi connectivity index (χ0v) is 16.4. The quantitative estimate of drug-likeness (QED) is 0.278. The van der Waals surface area contributed by atoms with Gasteiger partial charge >= 0.3 is 0 Å². The van der Waals surface area contributed by atoms with E-state index in [1.54, 1.807) is 41.5 Å². The standard InChI is InChI=1S/C16H32N4O6/c1-11(25-9-7-21)17-13(23)15(3,4)19-20-16(5,6)14(24)18-12(2)26-10-8-22/h11-12,21-22H,7-10H2,1-6H3,(H,17,23)(H,18,24)/b20-19+. The summed E-state index contributed by atoms with van der Waals surface area (Å²) in [7, 11) is 0. The Hall–Kier alpha value is -1.62. The molecule has 0 radical (unpaired) electrons. The Kier molecular flexibility index (Phi) is 10.5. The normalized spacial score (nSPS) is 14.9. The topological polar surface area (TPSA) is 142 Å². The molecule has 0 saturated carbocycles. The van der Waals surface area contributed by atoms with Crippen LogP contribution in [0.2, 0.25) is 0 Å². The van der Waals surface area contributed by atoms with Gasteiger partial charge in [-0.1, -0.05) is 0 Å². The maximum absolute atomic E-state index is 12.3. The fourth-order valence-electron chi connectivity index (χ4n) is 1.61. The minimum atomic E-state index is -1.21. The predicted molar refractivity (Wildman–Crippen MR) is 94.3 cm³/mol. The lowest BCUT2D eigenvalue weighted by atomic mass is 10.0. The van der Waals surface area contributed by atoms with Crippen molar-refractivity contribution in [3.63, 3.8) is 0 Å². The van der Waals surface area contributed by atoms with Gasteiger partial charge in [-0.25, -0.2) is 0 Å². The fourth-order valence-corrected chi connectivity index (χ4v) is 1.61. The summed E-state index contributed by atoms with van der Waals surface area (Å²) in [5.74, 6) is -0.856. The van der Waals surface area contributed by atoms with Crippen molar-refractivity contribution in [3.8, 4) is 0 Å². The molecule has 2 unspecified atom stereocenters. The van der Waals surface area contributed by atoms with Crippen LogP contribution in [0.3, 0.4) is 0 Å². The molecular weight excluding hydrogens is 344 g/mol. The number of nitrogens with zero attached hydrogens (tertiary/aromatic N) is 2. The molecular formula is C16H32N4O6. The molecule has 0 aliphatic rings. The van der Waals surface area contributed by atoms with Crippen LogP contribution in [0.15, 0.2) is 10.2 Å². The lowest BCUT2D eigenvalue weighted by Crippen LogP contribution is -2.48. The van der Waals surface area contributed by atoms with Gasteiger partial charge in [0.15, 0.2) is 11.1 Å². The number of aliphatic hydroxyl groups is 2. The lowest BCUT2D eigenvalue weighted by molar-refractivity contribution is -0.131. The molecule has 152 valence electrons. The molecule has 0 saturated heterocycles. The molecule has 0 aromatic rings. The number of carbonyl (C=O) groups excluding carboxylic acids is 2. The third kappa shape index (κ3) is 9.18. The highest BCUT2D eigenvalue weighted by Gasteiger charge is 2.33. The molecule has 0 rings (SSSR count). The molecule has 0 spiro atoms. The Morgan fingerprint density at radius 3 is 1.42 bits per heavy atom. The third-order valence-corrected chi connectivity index (χ3v) is 3.25. The smallest absolute Gasteiger partial charge is 0.251 e. The van der Waals surface area contributed by atoms with Gasteiger partial charge in [-0.2, -0.15) is 10.2 Å². The van der Waals surface area contributed by atoms with Gasteiger partial charge in [-0.15, -0.1) is 0 Å². The third-order valence-electron chi connectivity index (χ3n) is 3.25. The van der Waals surface area contributed by atoms with Gasteiger partial charge in [-0.3, -0.25) is 9.59 Å². The molecule has 0 aliphatic heterocycles. The van der Waals surface area contributed by atoms with Crippen LogP contribution in [0.1, 0.15) is 41.5 Å². The van der Waals surface area contributed by atoms with Crippen molar-refractivity contribution in [2.45, 2.75) is 65.1 Å². The van der Waals surface area contributed by atoms with Crippen LogP contribution in [-0.4, -0.2) is 72.0 Å². The van der Waals surface area contributed by atoms with Crippen LogP contribution in [0, 0.1) is 0 Å². The van der Waals surface area contributed by atoms with Gasteiger partial charge in [0.1, 0.15) is 12.5 Å². The second-order valence-corrected chi connectivity index (χ2v) is 6.74. The zero-order chi connectivity index (χ0) is 20.4. The van der Waals surface area contributed by atoms with Crippen molar-refractivity contribution in [1.29, 1.82) is 0 Å². The number of ether oxygens (including phenoxy) is 2. The number of aliphatic hydroxyl groups excluding tert-OH is 2. The van der Waals surface area contributed by atoms with Crippen LogP contribution < -0.4 is 10.6 Å². The van der Waals surface area contributed by atoms with Crippen LogP contribution in [0.5, 0.6) is 0 Å². The molecule has 26 heavy (non-hydrogen) atoms. The highest BCUT2D eigenvalue weighted by atomic mass is 16.5. The highest BCUT2D eigenvalue weighted by Crippen LogP contribution is 2.17. The summed E-state index contributed by atoms with van der Waals surface area (Å²) in [6.45, 7) is 9.42. The monoisotopic (exact) mass is 376 g/mol. The SMILES string of the molecule is CC(NC(=O)C(C)(C)/N=N/C(C)(C)C(=O)NC(C)OCCO)OCCO. The summed E-state index contributed by atoms with van der Waals surface area (Å²) in [6, 6.07) is 0. The molecule has 0 aromatic carbocycles. The van der Waals surface area contributed by atoms with Crippen molar-refractivity contribution in [2.24, 2.45) is 10.2 Å². The molecule has 10 heteroatoms. The average molecular weight is 376 g/mol. The van der Waals surface area contributed by atoms with Gasteiger partial charge in [0, 0.05) is 0 Å².